The first kappa shape index (κ1) is 17.4. The third-order valence-electron chi connectivity index (χ3n) is 4.15. The molecule has 0 aliphatic heterocycles. The molecule has 4 aromatic rings. The molecule has 0 unspecified atom stereocenters. The van der Waals surface area contributed by atoms with E-state index < -0.39 is 5.82 Å². The van der Waals surface area contributed by atoms with Crippen LogP contribution in [-0.2, 0) is 11.2 Å². The fourth-order valence-corrected chi connectivity index (χ4v) is 3.35. The van der Waals surface area contributed by atoms with E-state index >= 15 is 0 Å². The molecule has 8 heteroatoms. The highest BCUT2D eigenvalue weighted by Crippen LogP contribution is 2.25. The van der Waals surface area contributed by atoms with Crippen LogP contribution in [0.15, 0.2) is 47.6 Å². The summed E-state index contributed by atoms with van der Waals surface area (Å²) in [6.07, 6.45) is 0.939. The summed E-state index contributed by atoms with van der Waals surface area (Å²) in [5.41, 5.74) is 3.66. The van der Waals surface area contributed by atoms with Gasteiger partial charge in [0.15, 0.2) is 5.65 Å². The standard InChI is InChI=1S/C19H16FN5OS/c1-2-11-7-8-14-12(9-11)17-18(22-14)23-19(25-24-17)27-10-16(26)21-15-6-4-3-5-13(15)20/h3-9H,2,10H2,1H3,(H,21,26)(H,22,23,25). The number of carbonyl (C=O) groups excluding carboxylic acids is 1. The fourth-order valence-electron chi connectivity index (χ4n) is 2.76. The Morgan fingerprint density at radius 3 is 2.89 bits per heavy atom. The third-order valence-corrected chi connectivity index (χ3v) is 4.99. The van der Waals surface area contributed by atoms with Crippen molar-refractivity contribution in [3.05, 3.63) is 53.8 Å². The number of benzene rings is 2. The summed E-state index contributed by atoms with van der Waals surface area (Å²) in [5.74, 6) is -0.750. The van der Waals surface area contributed by atoms with Gasteiger partial charge in [-0.1, -0.05) is 36.9 Å². The Labute approximate surface area is 158 Å². The van der Waals surface area contributed by atoms with Gasteiger partial charge in [0.1, 0.15) is 11.3 Å². The number of hydrogen-bond acceptors (Lipinski definition) is 5. The molecule has 2 aromatic heterocycles. The molecule has 4 rings (SSSR count). The summed E-state index contributed by atoms with van der Waals surface area (Å²) < 4.78 is 13.6. The highest BCUT2D eigenvalue weighted by Gasteiger charge is 2.12. The number of amides is 1. The van der Waals surface area contributed by atoms with Crippen LogP contribution in [0.25, 0.3) is 22.1 Å². The Balaban J connectivity index is 1.50. The zero-order valence-corrected chi connectivity index (χ0v) is 15.3. The van der Waals surface area contributed by atoms with Crippen molar-refractivity contribution in [1.82, 2.24) is 20.2 Å². The van der Waals surface area contributed by atoms with Gasteiger partial charge in [-0.2, -0.15) is 0 Å². The van der Waals surface area contributed by atoms with Gasteiger partial charge in [-0.3, -0.25) is 4.79 Å². The zero-order valence-electron chi connectivity index (χ0n) is 14.5. The van der Waals surface area contributed by atoms with Gasteiger partial charge in [0, 0.05) is 10.9 Å². The molecule has 0 atom stereocenters. The first-order chi connectivity index (χ1) is 13.1. The molecule has 0 bridgehead atoms. The van der Waals surface area contributed by atoms with E-state index in [0.29, 0.717) is 16.3 Å². The lowest BCUT2D eigenvalue weighted by atomic mass is 10.1. The molecular formula is C19H16FN5OS. The fraction of sp³-hybridized carbons (Fsp3) is 0.158. The maximum atomic E-state index is 13.6. The van der Waals surface area contributed by atoms with E-state index in [1.807, 2.05) is 6.07 Å². The number of fused-ring (bicyclic) bond motifs is 3. The molecule has 0 fully saturated rings. The van der Waals surface area contributed by atoms with Gasteiger partial charge in [-0.05, 0) is 36.2 Å². The van der Waals surface area contributed by atoms with Crippen LogP contribution in [0.3, 0.4) is 0 Å². The predicted octanol–water partition coefficient (Wildman–Crippen LogP) is 3.94. The van der Waals surface area contributed by atoms with Crippen molar-refractivity contribution in [2.24, 2.45) is 0 Å². The molecule has 0 aliphatic rings. The summed E-state index contributed by atoms with van der Waals surface area (Å²) in [6, 6.07) is 12.2. The number of H-pyrrole nitrogens is 1. The van der Waals surface area contributed by atoms with Crippen molar-refractivity contribution < 1.29 is 9.18 Å². The average Bonchev–Trinajstić information content (AvgIpc) is 3.05. The summed E-state index contributed by atoms with van der Waals surface area (Å²) in [5, 5.41) is 12.3. The smallest absolute Gasteiger partial charge is 0.234 e. The van der Waals surface area contributed by atoms with Crippen LogP contribution in [-0.4, -0.2) is 31.8 Å². The molecule has 0 radical (unpaired) electrons. The van der Waals surface area contributed by atoms with E-state index in [1.54, 1.807) is 12.1 Å². The second-order valence-corrected chi connectivity index (χ2v) is 6.91. The molecule has 0 spiro atoms. The van der Waals surface area contributed by atoms with Crippen LogP contribution < -0.4 is 5.32 Å². The quantitative estimate of drug-likeness (QED) is 0.512. The van der Waals surface area contributed by atoms with Crippen molar-refractivity contribution in [3.63, 3.8) is 0 Å². The molecule has 0 aliphatic carbocycles. The molecule has 0 saturated carbocycles. The molecule has 27 heavy (non-hydrogen) atoms. The van der Waals surface area contributed by atoms with Crippen molar-refractivity contribution in [1.29, 1.82) is 0 Å². The molecule has 136 valence electrons. The Hall–Kier alpha value is -3.00. The lowest BCUT2D eigenvalue weighted by Gasteiger charge is -2.05. The SMILES string of the molecule is CCc1ccc2[nH]c3nc(SCC(=O)Nc4ccccc4F)nnc3c2c1. The number of rotatable bonds is 5. The van der Waals surface area contributed by atoms with E-state index in [2.05, 4.69) is 44.5 Å². The topological polar surface area (TPSA) is 83.6 Å². The van der Waals surface area contributed by atoms with Gasteiger partial charge in [-0.25, -0.2) is 9.37 Å². The molecule has 2 N–H and O–H groups in total. The van der Waals surface area contributed by atoms with E-state index in [9.17, 15) is 9.18 Å². The number of para-hydroxylation sites is 1. The van der Waals surface area contributed by atoms with E-state index in [4.69, 9.17) is 0 Å². The highest BCUT2D eigenvalue weighted by molar-refractivity contribution is 7.99. The highest BCUT2D eigenvalue weighted by atomic mass is 32.2. The Kier molecular flexibility index (Phi) is 4.72. The monoisotopic (exact) mass is 381 g/mol. The number of anilines is 1. The lowest BCUT2D eigenvalue weighted by Crippen LogP contribution is -2.15. The van der Waals surface area contributed by atoms with Gasteiger partial charge in [0.2, 0.25) is 11.1 Å². The Morgan fingerprint density at radius 1 is 1.22 bits per heavy atom. The first-order valence-corrected chi connectivity index (χ1v) is 9.45. The van der Waals surface area contributed by atoms with Gasteiger partial charge < -0.3 is 10.3 Å². The van der Waals surface area contributed by atoms with Crippen molar-refractivity contribution in [3.8, 4) is 0 Å². The van der Waals surface area contributed by atoms with Crippen molar-refractivity contribution >= 4 is 45.4 Å². The largest absolute Gasteiger partial charge is 0.338 e. The van der Waals surface area contributed by atoms with Gasteiger partial charge in [-0.15, -0.1) is 10.2 Å². The number of thioether (sulfide) groups is 1. The number of halogens is 1. The van der Waals surface area contributed by atoms with Crippen LogP contribution in [0.5, 0.6) is 0 Å². The van der Waals surface area contributed by atoms with E-state index in [-0.39, 0.29) is 17.3 Å². The lowest BCUT2D eigenvalue weighted by molar-refractivity contribution is -0.113. The van der Waals surface area contributed by atoms with Crippen LogP contribution in [0.2, 0.25) is 0 Å². The number of nitrogens with zero attached hydrogens (tertiary/aromatic N) is 3. The first-order valence-electron chi connectivity index (χ1n) is 8.46. The summed E-state index contributed by atoms with van der Waals surface area (Å²) in [6.45, 7) is 2.10. The maximum absolute atomic E-state index is 13.6. The van der Waals surface area contributed by atoms with Crippen molar-refractivity contribution in [2.45, 2.75) is 18.5 Å². The van der Waals surface area contributed by atoms with Crippen LogP contribution >= 0.6 is 11.8 Å². The van der Waals surface area contributed by atoms with Crippen molar-refractivity contribution in [2.75, 3.05) is 11.1 Å². The predicted molar refractivity (Wildman–Crippen MR) is 104 cm³/mol. The molecule has 2 heterocycles. The second-order valence-electron chi connectivity index (χ2n) is 5.97. The molecule has 1 amide bonds. The summed E-state index contributed by atoms with van der Waals surface area (Å²) in [4.78, 5) is 19.7. The minimum atomic E-state index is -0.472. The summed E-state index contributed by atoms with van der Waals surface area (Å²) >= 11 is 1.15. The minimum Gasteiger partial charge on any atom is -0.338 e. The molecular weight excluding hydrogens is 365 g/mol. The Morgan fingerprint density at radius 2 is 2.07 bits per heavy atom. The van der Waals surface area contributed by atoms with Crippen LogP contribution in [0, 0.1) is 5.82 Å². The molecule has 6 nitrogen and oxygen atoms in total. The zero-order chi connectivity index (χ0) is 18.8. The van der Waals surface area contributed by atoms with Crippen LogP contribution in [0.4, 0.5) is 10.1 Å². The number of nitrogens with one attached hydrogen (secondary N) is 2. The normalized spacial score (nSPS) is 11.2. The Bertz CT molecular complexity index is 1140. The van der Waals surface area contributed by atoms with Crippen LogP contribution in [0.1, 0.15) is 12.5 Å². The number of aromatic nitrogens is 4. The second kappa shape index (κ2) is 7.32. The number of aromatic amines is 1. The van der Waals surface area contributed by atoms with Gasteiger partial charge in [0.05, 0.1) is 11.4 Å². The number of carbonyl (C=O) groups is 1. The number of aryl methyl sites for hydroxylation is 1. The average molecular weight is 381 g/mol. The van der Waals surface area contributed by atoms with Gasteiger partial charge in [0.25, 0.3) is 0 Å². The minimum absolute atomic E-state index is 0.0573. The molecule has 2 aromatic carbocycles. The number of hydrogen-bond donors (Lipinski definition) is 2. The third kappa shape index (κ3) is 3.61. The van der Waals surface area contributed by atoms with E-state index in [1.165, 1.54) is 17.7 Å². The molecule has 0 saturated heterocycles. The van der Waals surface area contributed by atoms with Gasteiger partial charge >= 0.3 is 0 Å². The maximum Gasteiger partial charge on any atom is 0.234 e. The summed E-state index contributed by atoms with van der Waals surface area (Å²) in [7, 11) is 0. The van der Waals surface area contributed by atoms with E-state index in [0.717, 1.165) is 29.1 Å².